The number of allylic oxidation sites excluding steroid dienone is 1. The normalized spacial score (nSPS) is 22.1. The maximum Gasteiger partial charge on any atom is 0.0598 e. The lowest BCUT2D eigenvalue weighted by molar-refractivity contribution is 0.223. The first-order valence-corrected chi connectivity index (χ1v) is 10.7. The standard InChI is InChI=1S/C24H24Cl2N2/c1-14-4-8-21-18(10-14)24-22-9-6-17(27(22)3)12-23(24)28(21)13-15(2)16-5-7-19(25)20(26)11-16/h4-5,7-8,10-11,13,17,22H,6,9,12H2,1-3H3/b15-13+. The number of aromatic nitrogens is 1. The second kappa shape index (κ2) is 6.66. The van der Waals surface area contributed by atoms with Crippen LogP contribution in [0.25, 0.3) is 22.7 Å². The van der Waals surface area contributed by atoms with E-state index in [4.69, 9.17) is 23.2 Å². The first kappa shape index (κ1) is 18.3. The molecule has 0 aliphatic carbocycles. The first-order valence-electron chi connectivity index (χ1n) is 9.93. The molecule has 0 radical (unpaired) electrons. The highest BCUT2D eigenvalue weighted by Crippen LogP contribution is 2.47. The van der Waals surface area contributed by atoms with E-state index in [1.807, 2.05) is 18.2 Å². The largest absolute Gasteiger partial charge is 0.320 e. The lowest BCUT2D eigenvalue weighted by Crippen LogP contribution is -2.34. The molecule has 2 unspecified atom stereocenters. The van der Waals surface area contributed by atoms with Crippen LogP contribution in [0.15, 0.2) is 36.4 Å². The van der Waals surface area contributed by atoms with E-state index in [0.717, 1.165) is 12.0 Å². The fourth-order valence-electron chi connectivity index (χ4n) is 5.07. The molecule has 0 spiro atoms. The van der Waals surface area contributed by atoms with Crippen molar-refractivity contribution < 1.29 is 0 Å². The number of hydrogen-bond acceptors (Lipinski definition) is 1. The molecule has 1 fully saturated rings. The maximum atomic E-state index is 6.26. The van der Waals surface area contributed by atoms with E-state index in [0.29, 0.717) is 22.1 Å². The molecule has 2 aliphatic rings. The Hall–Kier alpha value is -1.74. The van der Waals surface area contributed by atoms with Gasteiger partial charge in [0.15, 0.2) is 0 Å². The highest BCUT2D eigenvalue weighted by molar-refractivity contribution is 6.42. The zero-order valence-corrected chi connectivity index (χ0v) is 18.0. The molecule has 2 aliphatic heterocycles. The molecule has 0 amide bonds. The molecule has 1 aromatic heterocycles. The third-order valence-corrected chi connectivity index (χ3v) is 7.34. The van der Waals surface area contributed by atoms with Gasteiger partial charge >= 0.3 is 0 Å². The monoisotopic (exact) mass is 410 g/mol. The average molecular weight is 411 g/mol. The summed E-state index contributed by atoms with van der Waals surface area (Å²) in [6.07, 6.45) is 5.94. The van der Waals surface area contributed by atoms with Crippen molar-refractivity contribution in [3.05, 3.63) is 68.8 Å². The molecule has 4 heteroatoms. The zero-order chi connectivity index (χ0) is 19.6. The smallest absolute Gasteiger partial charge is 0.0598 e. The molecule has 28 heavy (non-hydrogen) atoms. The molecule has 3 heterocycles. The van der Waals surface area contributed by atoms with Gasteiger partial charge in [-0.1, -0.05) is 40.9 Å². The Labute approximate surface area is 176 Å². The number of nitrogens with zero attached hydrogens (tertiary/aromatic N) is 2. The molecule has 0 N–H and O–H groups in total. The Balaban J connectivity index is 1.72. The zero-order valence-electron chi connectivity index (χ0n) is 16.5. The highest BCUT2D eigenvalue weighted by Gasteiger charge is 2.40. The Kier molecular flexibility index (Phi) is 4.35. The minimum absolute atomic E-state index is 0.540. The Bertz CT molecular complexity index is 1130. The van der Waals surface area contributed by atoms with Gasteiger partial charge in [-0.15, -0.1) is 0 Å². The summed E-state index contributed by atoms with van der Waals surface area (Å²) < 4.78 is 2.43. The summed E-state index contributed by atoms with van der Waals surface area (Å²) >= 11 is 12.4. The number of halogens is 2. The Morgan fingerprint density at radius 1 is 1.07 bits per heavy atom. The van der Waals surface area contributed by atoms with Crippen molar-refractivity contribution in [1.29, 1.82) is 0 Å². The molecule has 144 valence electrons. The van der Waals surface area contributed by atoms with Crippen molar-refractivity contribution in [3.8, 4) is 0 Å². The van der Waals surface area contributed by atoms with Crippen molar-refractivity contribution in [2.45, 2.75) is 45.2 Å². The van der Waals surface area contributed by atoms with Crippen molar-refractivity contribution in [2.75, 3.05) is 7.05 Å². The SMILES string of the molecule is C/C(=C\n1c2c(c3cc(C)ccc31)C1CCC(C2)N1C)c1ccc(Cl)c(Cl)c1. The number of benzene rings is 2. The van der Waals surface area contributed by atoms with E-state index in [1.54, 1.807) is 0 Å². The number of aryl methyl sites for hydroxylation is 1. The van der Waals surface area contributed by atoms with E-state index in [1.165, 1.54) is 46.1 Å². The van der Waals surface area contributed by atoms with Gasteiger partial charge in [-0.2, -0.15) is 0 Å². The van der Waals surface area contributed by atoms with Gasteiger partial charge in [0.05, 0.1) is 15.6 Å². The lowest BCUT2D eigenvalue weighted by atomic mass is 9.97. The van der Waals surface area contributed by atoms with E-state index in [-0.39, 0.29) is 0 Å². The third-order valence-electron chi connectivity index (χ3n) is 6.60. The van der Waals surface area contributed by atoms with E-state index in [2.05, 4.69) is 54.8 Å². The van der Waals surface area contributed by atoms with Crippen molar-refractivity contribution in [1.82, 2.24) is 9.47 Å². The van der Waals surface area contributed by atoms with Crippen LogP contribution in [0.2, 0.25) is 10.0 Å². The van der Waals surface area contributed by atoms with Crippen molar-refractivity contribution >= 4 is 45.9 Å². The van der Waals surface area contributed by atoms with Crippen LogP contribution in [0.1, 0.15) is 48.2 Å². The van der Waals surface area contributed by atoms with Crippen LogP contribution in [-0.4, -0.2) is 22.6 Å². The maximum absolute atomic E-state index is 6.26. The predicted molar refractivity (Wildman–Crippen MR) is 120 cm³/mol. The van der Waals surface area contributed by atoms with Gasteiger partial charge < -0.3 is 4.57 Å². The van der Waals surface area contributed by atoms with E-state index in [9.17, 15) is 0 Å². The summed E-state index contributed by atoms with van der Waals surface area (Å²) in [5, 5.41) is 2.60. The Morgan fingerprint density at radius 3 is 2.68 bits per heavy atom. The van der Waals surface area contributed by atoms with Crippen molar-refractivity contribution in [2.24, 2.45) is 0 Å². The van der Waals surface area contributed by atoms with Gasteiger partial charge in [0.25, 0.3) is 0 Å². The van der Waals surface area contributed by atoms with Gasteiger partial charge in [-0.05, 0) is 74.7 Å². The van der Waals surface area contributed by atoms with Crippen LogP contribution >= 0.6 is 23.2 Å². The van der Waals surface area contributed by atoms with Gasteiger partial charge in [0, 0.05) is 35.8 Å². The first-order chi connectivity index (χ1) is 13.4. The quantitative estimate of drug-likeness (QED) is 0.442. The number of hydrogen-bond donors (Lipinski definition) is 0. The molecule has 2 bridgehead atoms. The molecular formula is C24H24Cl2N2. The second-order valence-corrected chi connectivity index (χ2v) is 9.12. The number of likely N-dealkylation sites (N-methyl/N-ethyl adjacent to an activating group) is 1. The Morgan fingerprint density at radius 2 is 1.89 bits per heavy atom. The minimum atomic E-state index is 0.540. The summed E-state index contributed by atoms with van der Waals surface area (Å²) in [5.74, 6) is 0. The molecule has 2 atom stereocenters. The van der Waals surface area contributed by atoms with Crippen LogP contribution in [0.5, 0.6) is 0 Å². The summed E-state index contributed by atoms with van der Waals surface area (Å²) in [6.45, 7) is 4.33. The number of fused-ring (bicyclic) bond motifs is 6. The molecule has 1 saturated heterocycles. The molecule has 0 saturated carbocycles. The minimum Gasteiger partial charge on any atom is -0.320 e. The predicted octanol–water partition coefficient (Wildman–Crippen LogP) is 6.97. The number of rotatable bonds is 2. The molecular weight excluding hydrogens is 387 g/mol. The fourth-order valence-corrected chi connectivity index (χ4v) is 5.37. The summed E-state index contributed by atoms with van der Waals surface area (Å²) in [4.78, 5) is 2.59. The molecule has 5 rings (SSSR count). The molecule has 2 nitrogen and oxygen atoms in total. The summed E-state index contributed by atoms with van der Waals surface area (Å²) in [6, 6.07) is 13.9. The molecule has 3 aromatic rings. The summed E-state index contributed by atoms with van der Waals surface area (Å²) in [5.41, 5.74) is 7.92. The van der Waals surface area contributed by atoms with Gasteiger partial charge in [-0.3, -0.25) is 4.90 Å². The second-order valence-electron chi connectivity index (χ2n) is 8.31. The topological polar surface area (TPSA) is 8.17 Å². The van der Waals surface area contributed by atoms with E-state index >= 15 is 0 Å². The van der Waals surface area contributed by atoms with E-state index < -0.39 is 0 Å². The van der Waals surface area contributed by atoms with Gasteiger partial charge in [0.2, 0.25) is 0 Å². The van der Waals surface area contributed by atoms with Crippen molar-refractivity contribution in [3.63, 3.8) is 0 Å². The van der Waals surface area contributed by atoms with Crippen LogP contribution in [-0.2, 0) is 6.42 Å². The van der Waals surface area contributed by atoms with Gasteiger partial charge in [-0.25, -0.2) is 0 Å². The van der Waals surface area contributed by atoms with Crippen LogP contribution in [0, 0.1) is 6.92 Å². The molecule has 2 aromatic carbocycles. The van der Waals surface area contributed by atoms with Crippen LogP contribution in [0.4, 0.5) is 0 Å². The highest BCUT2D eigenvalue weighted by atomic mass is 35.5. The average Bonchev–Trinajstić information content (AvgIpc) is 3.07. The van der Waals surface area contributed by atoms with Gasteiger partial charge in [0.1, 0.15) is 0 Å². The third kappa shape index (κ3) is 2.74. The fraction of sp³-hybridized carbons (Fsp3) is 0.333. The van der Waals surface area contributed by atoms with Crippen LogP contribution < -0.4 is 0 Å². The lowest BCUT2D eigenvalue weighted by Gasteiger charge is -2.32. The van der Waals surface area contributed by atoms with Crippen LogP contribution in [0.3, 0.4) is 0 Å². The summed E-state index contributed by atoms with van der Waals surface area (Å²) in [7, 11) is 2.29.